The molecular formula is C4H11N3. The summed E-state index contributed by atoms with van der Waals surface area (Å²) in [7, 11) is 0. The van der Waals surface area contributed by atoms with Gasteiger partial charge < -0.3 is 11.2 Å². The minimum atomic E-state index is 0.560. The van der Waals surface area contributed by atoms with Crippen LogP contribution in [0.1, 0.15) is 6.92 Å². The Morgan fingerprint density at radius 1 is 1.86 bits per heavy atom. The number of hydrogen-bond acceptors (Lipinski definition) is 3. The molecule has 0 aromatic rings. The number of nitrogens with two attached hydrogens (primary N) is 2. The van der Waals surface area contributed by atoms with Crippen LogP contribution in [-0.4, -0.2) is 6.54 Å². The largest absolute Gasteiger partial charge is 0.331 e. The van der Waals surface area contributed by atoms with Crippen LogP contribution in [0.3, 0.4) is 0 Å². The third-order valence-electron chi connectivity index (χ3n) is 0.652. The smallest absolute Gasteiger partial charge is 0.0151 e. The first-order valence-corrected chi connectivity index (χ1v) is 2.13. The van der Waals surface area contributed by atoms with Crippen LogP contribution in [0.4, 0.5) is 0 Å². The summed E-state index contributed by atoms with van der Waals surface area (Å²) in [6, 6.07) is 0. The van der Waals surface area contributed by atoms with Crippen molar-refractivity contribution in [3.63, 3.8) is 0 Å². The van der Waals surface area contributed by atoms with E-state index in [9.17, 15) is 0 Å². The molecule has 0 heterocycles. The third kappa shape index (κ3) is 3.29. The molecule has 0 aliphatic heterocycles. The fraction of sp³-hybridized carbons (Fsp3) is 0.500. The van der Waals surface area contributed by atoms with Gasteiger partial charge in [-0.25, -0.2) is 0 Å². The van der Waals surface area contributed by atoms with Crippen molar-refractivity contribution in [2.75, 3.05) is 6.54 Å². The summed E-state index contributed by atoms with van der Waals surface area (Å²) in [6.45, 7) is 2.46. The first-order chi connectivity index (χ1) is 3.31. The van der Waals surface area contributed by atoms with Gasteiger partial charge >= 0.3 is 0 Å². The average molecular weight is 101 g/mol. The van der Waals surface area contributed by atoms with Gasteiger partial charge in [0.2, 0.25) is 0 Å². The van der Waals surface area contributed by atoms with Crippen LogP contribution in [0.2, 0.25) is 0 Å². The molecule has 0 rings (SSSR count). The van der Waals surface area contributed by atoms with Crippen molar-refractivity contribution in [1.29, 1.82) is 0 Å². The maximum Gasteiger partial charge on any atom is 0.0151 e. The van der Waals surface area contributed by atoms with E-state index in [1.807, 2.05) is 6.92 Å². The molecule has 0 bridgehead atoms. The highest BCUT2D eigenvalue weighted by Crippen LogP contribution is 1.80. The van der Waals surface area contributed by atoms with E-state index in [0.717, 1.165) is 5.57 Å². The minimum absolute atomic E-state index is 0.560. The molecule has 5 N–H and O–H groups in total. The van der Waals surface area contributed by atoms with Gasteiger partial charge in [-0.2, -0.15) is 0 Å². The Labute approximate surface area is 43.3 Å². The van der Waals surface area contributed by atoms with Gasteiger partial charge in [-0.3, -0.25) is 5.84 Å². The fourth-order valence-corrected chi connectivity index (χ4v) is 0.201. The highest BCUT2D eigenvalue weighted by atomic mass is 15.2. The normalized spacial score (nSPS) is 11.6. The molecule has 0 saturated carbocycles. The molecule has 0 saturated heterocycles. The van der Waals surface area contributed by atoms with Crippen LogP contribution in [0.25, 0.3) is 0 Å². The molecule has 0 fully saturated rings. The molecule has 0 aromatic heterocycles. The lowest BCUT2D eigenvalue weighted by Crippen LogP contribution is -2.15. The summed E-state index contributed by atoms with van der Waals surface area (Å²) in [5, 5.41) is 0. The molecule has 3 heteroatoms. The van der Waals surface area contributed by atoms with Gasteiger partial charge in [0.05, 0.1) is 0 Å². The third-order valence-corrected chi connectivity index (χ3v) is 0.652. The number of hydrogen-bond donors (Lipinski definition) is 3. The highest BCUT2D eigenvalue weighted by Gasteiger charge is 1.76. The van der Waals surface area contributed by atoms with E-state index in [4.69, 9.17) is 11.6 Å². The first kappa shape index (κ1) is 6.46. The molecule has 0 unspecified atom stereocenters. The van der Waals surface area contributed by atoms with Crippen LogP contribution in [0, 0.1) is 0 Å². The molecule has 0 amide bonds. The second-order valence-electron chi connectivity index (χ2n) is 1.36. The predicted octanol–water partition coefficient (Wildman–Crippen LogP) is -0.688. The van der Waals surface area contributed by atoms with Gasteiger partial charge in [0.25, 0.3) is 0 Å². The maximum atomic E-state index is 5.19. The zero-order valence-electron chi connectivity index (χ0n) is 4.44. The van der Waals surface area contributed by atoms with Crippen molar-refractivity contribution >= 4 is 0 Å². The summed E-state index contributed by atoms with van der Waals surface area (Å²) < 4.78 is 0. The number of hydrazine groups is 1. The van der Waals surface area contributed by atoms with E-state index >= 15 is 0 Å². The SMILES string of the molecule is C/C(=C/NN)CN. The van der Waals surface area contributed by atoms with Gasteiger partial charge in [0.15, 0.2) is 0 Å². The highest BCUT2D eigenvalue weighted by molar-refractivity contribution is 4.96. The average Bonchev–Trinajstić information content (AvgIpc) is 1.68. The standard InChI is InChI=1S/C4H11N3/c1-4(2-5)3-7-6/h3,7H,2,5-6H2,1H3/b4-3-. The van der Waals surface area contributed by atoms with Crippen molar-refractivity contribution in [2.24, 2.45) is 11.6 Å². The summed E-state index contributed by atoms with van der Waals surface area (Å²) in [5.74, 6) is 4.92. The predicted molar refractivity (Wildman–Crippen MR) is 30.1 cm³/mol. The van der Waals surface area contributed by atoms with E-state index in [2.05, 4.69) is 5.43 Å². The Balaban J connectivity index is 3.29. The van der Waals surface area contributed by atoms with Gasteiger partial charge in [-0.1, -0.05) is 0 Å². The van der Waals surface area contributed by atoms with Crippen molar-refractivity contribution in [3.05, 3.63) is 11.8 Å². The van der Waals surface area contributed by atoms with Gasteiger partial charge in [-0.05, 0) is 12.5 Å². The van der Waals surface area contributed by atoms with Gasteiger partial charge in [-0.15, -0.1) is 0 Å². The second-order valence-corrected chi connectivity index (χ2v) is 1.36. The van der Waals surface area contributed by atoms with Crippen molar-refractivity contribution in [2.45, 2.75) is 6.92 Å². The zero-order valence-corrected chi connectivity index (χ0v) is 4.44. The lowest BCUT2D eigenvalue weighted by Gasteiger charge is -1.91. The summed E-state index contributed by atoms with van der Waals surface area (Å²) in [6.07, 6.45) is 1.67. The van der Waals surface area contributed by atoms with Crippen LogP contribution >= 0.6 is 0 Å². The van der Waals surface area contributed by atoms with Crippen molar-refractivity contribution < 1.29 is 0 Å². The topological polar surface area (TPSA) is 64.1 Å². The van der Waals surface area contributed by atoms with E-state index in [-0.39, 0.29) is 0 Å². The van der Waals surface area contributed by atoms with Crippen LogP contribution in [-0.2, 0) is 0 Å². The Kier molecular flexibility index (Phi) is 3.36. The van der Waals surface area contributed by atoms with Crippen molar-refractivity contribution in [3.8, 4) is 0 Å². The summed E-state index contributed by atoms with van der Waals surface area (Å²) in [4.78, 5) is 0. The Bertz CT molecular complexity index is 67.3. The van der Waals surface area contributed by atoms with Gasteiger partial charge in [0, 0.05) is 12.7 Å². The van der Waals surface area contributed by atoms with E-state index in [1.54, 1.807) is 6.20 Å². The zero-order chi connectivity index (χ0) is 5.70. The molecule has 0 atom stereocenters. The molecular weight excluding hydrogens is 90.1 g/mol. The minimum Gasteiger partial charge on any atom is -0.331 e. The second kappa shape index (κ2) is 3.64. The lowest BCUT2D eigenvalue weighted by atomic mass is 10.3. The van der Waals surface area contributed by atoms with Crippen molar-refractivity contribution in [1.82, 2.24) is 5.43 Å². The molecule has 0 radical (unpaired) electrons. The van der Waals surface area contributed by atoms with E-state index in [0.29, 0.717) is 6.54 Å². The molecule has 3 nitrogen and oxygen atoms in total. The molecule has 0 aromatic carbocycles. The van der Waals surface area contributed by atoms with Crippen LogP contribution in [0.15, 0.2) is 11.8 Å². The fourth-order valence-electron chi connectivity index (χ4n) is 0.201. The summed E-state index contributed by atoms with van der Waals surface area (Å²) >= 11 is 0. The molecule has 0 spiro atoms. The maximum absolute atomic E-state index is 5.19. The van der Waals surface area contributed by atoms with Gasteiger partial charge in [0.1, 0.15) is 0 Å². The molecule has 0 aliphatic rings. The monoisotopic (exact) mass is 101 g/mol. The van der Waals surface area contributed by atoms with Crippen LogP contribution < -0.4 is 17.0 Å². The Hall–Kier alpha value is -0.540. The molecule has 7 heavy (non-hydrogen) atoms. The van der Waals surface area contributed by atoms with E-state index < -0.39 is 0 Å². The Morgan fingerprint density at radius 3 is 2.57 bits per heavy atom. The number of nitrogens with one attached hydrogen (secondary N) is 1. The molecule has 0 aliphatic carbocycles. The lowest BCUT2D eigenvalue weighted by molar-refractivity contribution is 0.937. The summed E-state index contributed by atoms with van der Waals surface area (Å²) in [5.41, 5.74) is 8.61. The quantitative estimate of drug-likeness (QED) is 0.319. The Morgan fingerprint density at radius 2 is 2.43 bits per heavy atom. The number of rotatable bonds is 2. The van der Waals surface area contributed by atoms with E-state index in [1.165, 1.54) is 0 Å². The molecule has 42 valence electrons. The van der Waals surface area contributed by atoms with Crippen LogP contribution in [0.5, 0.6) is 0 Å². The first-order valence-electron chi connectivity index (χ1n) is 2.13.